The average molecular weight is 345 g/mol. The van der Waals surface area contributed by atoms with E-state index in [0.717, 1.165) is 10.0 Å². The minimum absolute atomic E-state index is 0.112. The van der Waals surface area contributed by atoms with Gasteiger partial charge in [-0.2, -0.15) is 5.11 Å². The van der Waals surface area contributed by atoms with Gasteiger partial charge in [-0.15, -0.1) is 5.11 Å². The Labute approximate surface area is 131 Å². The number of ketones is 1. The quantitative estimate of drug-likeness (QED) is 0.362. The SMILES string of the molecule is Cc1cccc(N=N/C(=C/O)C(=O)c2ccc(Br)cc2)c1. The van der Waals surface area contributed by atoms with E-state index in [1.54, 1.807) is 30.3 Å². The molecule has 0 heterocycles. The lowest BCUT2D eigenvalue weighted by Gasteiger charge is -2.00. The number of carbonyl (C=O) groups is 1. The number of aliphatic hydroxyl groups excluding tert-OH is 1. The standard InChI is InChI=1S/C16H13BrN2O2/c1-11-3-2-4-14(9-11)18-19-15(10-20)16(21)12-5-7-13(17)8-6-12/h2-10,20H,1H3/b15-10+,19-18?. The molecule has 0 atom stereocenters. The number of nitrogens with zero attached hydrogens (tertiary/aromatic N) is 2. The molecule has 4 nitrogen and oxygen atoms in total. The van der Waals surface area contributed by atoms with Crippen LogP contribution in [0.1, 0.15) is 15.9 Å². The number of halogens is 1. The van der Waals surface area contributed by atoms with Gasteiger partial charge in [0.1, 0.15) is 6.26 Å². The van der Waals surface area contributed by atoms with E-state index in [1.807, 2.05) is 25.1 Å². The van der Waals surface area contributed by atoms with Crippen molar-refractivity contribution in [1.82, 2.24) is 0 Å². The van der Waals surface area contributed by atoms with Crippen molar-refractivity contribution in [3.63, 3.8) is 0 Å². The van der Waals surface area contributed by atoms with Crippen molar-refractivity contribution < 1.29 is 9.90 Å². The van der Waals surface area contributed by atoms with Crippen molar-refractivity contribution in [2.45, 2.75) is 6.92 Å². The van der Waals surface area contributed by atoms with Crippen LogP contribution >= 0.6 is 15.9 Å². The van der Waals surface area contributed by atoms with Crippen molar-refractivity contribution in [1.29, 1.82) is 0 Å². The van der Waals surface area contributed by atoms with Crippen LogP contribution in [0.25, 0.3) is 0 Å². The summed E-state index contributed by atoms with van der Waals surface area (Å²) in [5.41, 5.74) is 1.98. The second-order valence-electron chi connectivity index (χ2n) is 4.39. The highest BCUT2D eigenvalue weighted by Gasteiger charge is 2.12. The van der Waals surface area contributed by atoms with Crippen LogP contribution in [-0.4, -0.2) is 10.9 Å². The van der Waals surface area contributed by atoms with Gasteiger partial charge in [0, 0.05) is 10.0 Å². The molecule has 21 heavy (non-hydrogen) atoms. The van der Waals surface area contributed by atoms with Gasteiger partial charge in [-0.3, -0.25) is 4.79 Å². The third kappa shape index (κ3) is 4.10. The van der Waals surface area contributed by atoms with Gasteiger partial charge >= 0.3 is 0 Å². The second-order valence-corrected chi connectivity index (χ2v) is 5.31. The third-order valence-electron chi connectivity index (χ3n) is 2.74. The fourth-order valence-corrected chi connectivity index (χ4v) is 1.95. The molecule has 0 aliphatic heterocycles. The molecule has 0 saturated heterocycles. The number of hydrogen-bond acceptors (Lipinski definition) is 4. The molecule has 0 amide bonds. The van der Waals surface area contributed by atoms with Gasteiger partial charge in [0.15, 0.2) is 5.70 Å². The summed E-state index contributed by atoms with van der Waals surface area (Å²) in [5.74, 6) is -0.388. The summed E-state index contributed by atoms with van der Waals surface area (Å²) in [4.78, 5) is 12.2. The largest absolute Gasteiger partial charge is 0.513 e. The monoisotopic (exact) mass is 344 g/mol. The fourth-order valence-electron chi connectivity index (χ4n) is 1.68. The number of Topliss-reactive ketones (excluding diaryl/α,β-unsaturated/α-hetero) is 1. The van der Waals surface area contributed by atoms with E-state index in [9.17, 15) is 9.90 Å². The Morgan fingerprint density at radius 2 is 1.90 bits per heavy atom. The predicted molar refractivity (Wildman–Crippen MR) is 84.9 cm³/mol. The lowest BCUT2D eigenvalue weighted by molar-refractivity contribution is 0.102. The van der Waals surface area contributed by atoms with Crippen LogP contribution in [0.3, 0.4) is 0 Å². The summed E-state index contributed by atoms with van der Waals surface area (Å²) in [7, 11) is 0. The minimum Gasteiger partial charge on any atom is -0.513 e. The number of azo groups is 1. The summed E-state index contributed by atoms with van der Waals surface area (Å²) in [6, 6.07) is 14.2. The Bertz CT molecular complexity index is 706. The van der Waals surface area contributed by atoms with Gasteiger partial charge in [-0.25, -0.2) is 0 Å². The molecule has 0 aliphatic rings. The lowest BCUT2D eigenvalue weighted by atomic mass is 10.1. The predicted octanol–water partition coefficient (Wildman–Crippen LogP) is 5.12. The van der Waals surface area contributed by atoms with Crippen LogP contribution in [-0.2, 0) is 0 Å². The van der Waals surface area contributed by atoms with Crippen molar-refractivity contribution in [2.24, 2.45) is 10.2 Å². The number of aliphatic hydroxyl groups is 1. The number of allylic oxidation sites excluding steroid dienone is 1. The zero-order valence-corrected chi connectivity index (χ0v) is 12.9. The molecular formula is C16H13BrN2O2. The second kappa shape index (κ2) is 6.95. The van der Waals surface area contributed by atoms with Crippen LogP contribution in [0.5, 0.6) is 0 Å². The summed E-state index contributed by atoms with van der Waals surface area (Å²) in [5, 5.41) is 17.0. The van der Waals surface area contributed by atoms with Crippen molar-refractivity contribution in [2.75, 3.05) is 0 Å². The molecule has 0 saturated carbocycles. The molecule has 0 fully saturated rings. The van der Waals surface area contributed by atoms with Crippen LogP contribution in [0.4, 0.5) is 5.69 Å². The molecule has 2 aromatic carbocycles. The summed E-state index contributed by atoms with van der Waals surface area (Å²) in [6.07, 6.45) is 0.670. The number of rotatable bonds is 4. The van der Waals surface area contributed by atoms with Crippen molar-refractivity contribution >= 4 is 27.4 Å². The lowest BCUT2D eigenvalue weighted by Crippen LogP contribution is -2.01. The van der Waals surface area contributed by atoms with Gasteiger partial charge in [0.25, 0.3) is 0 Å². The molecule has 1 N–H and O–H groups in total. The fraction of sp³-hybridized carbons (Fsp3) is 0.0625. The van der Waals surface area contributed by atoms with Crippen LogP contribution < -0.4 is 0 Å². The Balaban J connectivity index is 2.20. The first-order chi connectivity index (χ1) is 10.1. The van der Waals surface area contributed by atoms with Gasteiger partial charge in [0.05, 0.1) is 5.69 Å². The first-order valence-corrected chi connectivity index (χ1v) is 7.02. The zero-order valence-electron chi connectivity index (χ0n) is 11.3. The normalized spacial score (nSPS) is 11.8. The van der Waals surface area contributed by atoms with E-state index < -0.39 is 0 Å². The van der Waals surface area contributed by atoms with E-state index >= 15 is 0 Å². The van der Waals surface area contributed by atoms with E-state index in [4.69, 9.17) is 0 Å². The maximum Gasteiger partial charge on any atom is 0.216 e. The van der Waals surface area contributed by atoms with Crippen LogP contribution in [0.15, 0.2) is 75.2 Å². The van der Waals surface area contributed by atoms with Crippen LogP contribution in [0, 0.1) is 6.92 Å². The topological polar surface area (TPSA) is 62.0 Å². The Morgan fingerprint density at radius 1 is 1.19 bits per heavy atom. The maximum atomic E-state index is 12.2. The van der Waals surface area contributed by atoms with E-state index in [1.165, 1.54) is 0 Å². The minimum atomic E-state index is -0.388. The summed E-state index contributed by atoms with van der Waals surface area (Å²) in [6.45, 7) is 1.94. The Kier molecular flexibility index (Phi) is 5.00. The first-order valence-electron chi connectivity index (χ1n) is 6.23. The molecule has 106 valence electrons. The smallest absolute Gasteiger partial charge is 0.216 e. The summed E-state index contributed by atoms with van der Waals surface area (Å²) >= 11 is 3.30. The van der Waals surface area contributed by atoms with Crippen molar-refractivity contribution in [3.8, 4) is 0 Å². The van der Waals surface area contributed by atoms with Gasteiger partial charge < -0.3 is 5.11 Å². The van der Waals surface area contributed by atoms with Gasteiger partial charge in [-0.05, 0) is 48.9 Å². The van der Waals surface area contributed by atoms with Crippen molar-refractivity contribution in [3.05, 3.63) is 76.1 Å². The number of carbonyl (C=O) groups excluding carboxylic acids is 1. The molecule has 0 unspecified atom stereocenters. The highest BCUT2D eigenvalue weighted by Crippen LogP contribution is 2.18. The third-order valence-corrected chi connectivity index (χ3v) is 3.26. The Morgan fingerprint density at radius 3 is 2.52 bits per heavy atom. The molecule has 0 aliphatic carbocycles. The molecule has 0 radical (unpaired) electrons. The molecule has 2 aromatic rings. The maximum absolute atomic E-state index is 12.2. The molecule has 0 aromatic heterocycles. The first kappa shape index (κ1) is 15.1. The van der Waals surface area contributed by atoms with Gasteiger partial charge in [0.2, 0.25) is 5.78 Å². The molecule has 2 rings (SSSR count). The molecular weight excluding hydrogens is 332 g/mol. The Hall–Kier alpha value is -2.27. The number of aryl methyl sites for hydroxylation is 1. The summed E-state index contributed by atoms with van der Waals surface area (Å²) < 4.78 is 0.870. The number of hydrogen-bond donors (Lipinski definition) is 1. The van der Waals surface area contributed by atoms with E-state index in [-0.39, 0.29) is 11.5 Å². The molecule has 5 heteroatoms. The van der Waals surface area contributed by atoms with E-state index in [2.05, 4.69) is 26.2 Å². The zero-order chi connectivity index (χ0) is 15.2. The molecule has 0 spiro atoms. The molecule has 0 bridgehead atoms. The number of benzene rings is 2. The highest BCUT2D eigenvalue weighted by atomic mass is 79.9. The van der Waals surface area contributed by atoms with Crippen LogP contribution in [0.2, 0.25) is 0 Å². The van der Waals surface area contributed by atoms with Gasteiger partial charge in [-0.1, -0.05) is 28.1 Å². The average Bonchev–Trinajstić information content (AvgIpc) is 2.48. The van der Waals surface area contributed by atoms with E-state index in [0.29, 0.717) is 17.5 Å². The highest BCUT2D eigenvalue weighted by molar-refractivity contribution is 9.10.